The van der Waals surface area contributed by atoms with Crippen LogP contribution >= 0.6 is 0 Å². The maximum absolute atomic E-state index is 8.63. The van der Waals surface area contributed by atoms with Gasteiger partial charge < -0.3 is 19.0 Å². The Morgan fingerprint density at radius 2 is 1.85 bits per heavy atom. The molecular formula is C8H20O4Si. The molecule has 0 aromatic rings. The Morgan fingerprint density at radius 1 is 1.31 bits per heavy atom. The Hall–Kier alpha value is 0.0569. The van der Waals surface area contributed by atoms with Crippen LogP contribution in [-0.4, -0.2) is 40.9 Å². The second-order valence-corrected chi connectivity index (χ2v) is 5.50. The van der Waals surface area contributed by atoms with Crippen LogP contribution in [0.2, 0.25) is 12.6 Å². The summed E-state index contributed by atoms with van der Waals surface area (Å²) in [5, 5.41) is 8.63. The molecule has 0 rings (SSSR count). The van der Waals surface area contributed by atoms with Crippen LogP contribution in [0.1, 0.15) is 13.3 Å². The molecule has 0 aromatic carbocycles. The third-order valence-electron chi connectivity index (χ3n) is 1.93. The SMILES string of the molecule is COC(C)(OC)O[SiH](C)CCCO. The maximum Gasteiger partial charge on any atom is 0.269 e. The van der Waals surface area contributed by atoms with Gasteiger partial charge in [0, 0.05) is 27.8 Å². The van der Waals surface area contributed by atoms with Gasteiger partial charge in [0.15, 0.2) is 9.04 Å². The summed E-state index contributed by atoms with van der Waals surface area (Å²) in [6.07, 6.45) is 0.789. The van der Waals surface area contributed by atoms with E-state index in [9.17, 15) is 0 Å². The van der Waals surface area contributed by atoms with Crippen molar-refractivity contribution in [1.82, 2.24) is 0 Å². The van der Waals surface area contributed by atoms with E-state index < -0.39 is 15.0 Å². The molecule has 0 amide bonds. The fourth-order valence-corrected chi connectivity index (χ4v) is 2.78. The van der Waals surface area contributed by atoms with E-state index in [0.717, 1.165) is 12.5 Å². The Morgan fingerprint density at radius 3 is 2.23 bits per heavy atom. The molecule has 0 fully saturated rings. The van der Waals surface area contributed by atoms with Crippen molar-refractivity contribution in [3.63, 3.8) is 0 Å². The topological polar surface area (TPSA) is 47.9 Å². The predicted molar refractivity (Wildman–Crippen MR) is 53.0 cm³/mol. The van der Waals surface area contributed by atoms with Gasteiger partial charge in [-0.05, 0) is 19.0 Å². The summed E-state index contributed by atoms with van der Waals surface area (Å²) in [5.41, 5.74) is 0. The van der Waals surface area contributed by atoms with Gasteiger partial charge >= 0.3 is 0 Å². The van der Waals surface area contributed by atoms with Crippen LogP contribution in [0.15, 0.2) is 0 Å². The highest BCUT2D eigenvalue weighted by molar-refractivity contribution is 6.50. The molecular weight excluding hydrogens is 188 g/mol. The predicted octanol–water partition coefficient (Wildman–Crippen LogP) is 0.705. The second-order valence-electron chi connectivity index (χ2n) is 3.06. The van der Waals surface area contributed by atoms with Crippen LogP contribution in [0.25, 0.3) is 0 Å². The fourth-order valence-electron chi connectivity index (χ4n) is 0.983. The lowest BCUT2D eigenvalue weighted by Crippen LogP contribution is -2.38. The zero-order chi connectivity index (χ0) is 10.3. The number of hydrogen-bond acceptors (Lipinski definition) is 4. The third kappa shape index (κ3) is 5.38. The third-order valence-corrected chi connectivity index (χ3v) is 3.98. The molecule has 1 unspecified atom stereocenters. The molecule has 0 aromatic heterocycles. The number of ether oxygens (including phenoxy) is 2. The maximum atomic E-state index is 8.63. The van der Waals surface area contributed by atoms with Crippen molar-refractivity contribution in [2.24, 2.45) is 0 Å². The highest BCUT2D eigenvalue weighted by Gasteiger charge is 2.26. The summed E-state index contributed by atoms with van der Waals surface area (Å²) in [4.78, 5) is 0. The molecule has 0 aliphatic carbocycles. The van der Waals surface area contributed by atoms with Gasteiger partial charge in [0.05, 0.1) is 0 Å². The summed E-state index contributed by atoms with van der Waals surface area (Å²) in [5.74, 6) is -0.916. The van der Waals surface area contributed by atoms with E-state index in [1.165, 1.54) is 0 Å². The van der Waals surface area contributed by atoms with E-state index in [1.807, 2.05) is 0 Å². The van der Waals surface area contributed by atoms with Gasteiger partial charge in [0.1, 0.15) is 0 Å². The Bertz CT molecular complexity index is 127. The van der Waals surface area contributed by atoms with Crippen LogP contribution in [-0.2, 0) is 13.9 Å². The van der Waals surface area contributed by atoms with Crippen molar-refractivity contribution in [3.8, 4) is 0 Å². The van der Waals surface area contributed by atoms with Crippen LogP contribution in [0, 0.1) is 0 Å². The zero-order valence-corrected chi connectivity index (χ0v) is 10.0. The Kier molecular flexibility index (Phi) is 6.53. The summed E-state index contributed by atoms with van der Waals surface area (Å²) in [6, 6.07) is 0.929. The largest absolute Gasteiger partial charge is 0.396 e. The highest BCUT2D eigenvalue weighted by atomic mass is 28.3. The number of aliphatic hydroxyl groups is 1. The monoisotopic (exact) mass is 208 g/mol. The van der Waals surface area contributed by atoms with Crippen LogP contribution < -0.4 is 0 Å². The van der Waals surface area contributed by atoms with Crippen molar-refractivity contribution in [2.45, 2.75) is 31.9 Å². The molecule has 0 saturated heterocycles. The lowest BCUT2D eigenvalue weighted by Gasteiger charge is -2.29. The minimum atomic E-state index is -1.29. The van der Waals surface area contributed by atoms with Crippen LogP contribution in [0.3, 0.4) is 0 Å². The lowest BCUT2D eigenvalue weighted by molar-refractivity contribution is -0.312. The molecule has 0 bridgehead atoms. The van der Waals surface area contributed by atoms with E-state index in [2.05, 4.69) is 6.55 Å². The van der Waals surface area contributed by atoms with Gasteiger partial charge in [-0.2, -0.15) is 0 Å². The van der Waals surface area contributed by atoms with Gasteiger partial charge in [-0.15, -0.1) is 0 Å². The molecule has 0 heterocycles. The minimum Gasteiger partial charge on any atom is -0.396 e. The van der Waals surface area contributed by atoms with Gasteiger partial charge in [0.25, 0.3) is 5.97 Å². The van der Waals surface area contributed by atoms with Gasteiger partial charge in [-0.3, -0.25) is 0 Å². The first-order valence-electron chi connectivity index (χ1n) is 4.47. The summed E-state index contributed by atoms with van der Waals surface area (Å²) < 4.78 is 15.8. The number of hydrogen-bond donors (Lipinski definition) is 1. The normalized spacial score (nSPS) is 14.5. The first kappa shape index (κ1) is 13.1. The molecule has 0 spiro atoms. The smallest absolute Gasteiger partial charge is 0.269 e. The fraction of sp³-hybridized carbons (Fsp3) is 1.00. The summed E-state index contributed by atoms with van der Waals surface area (Å²) in [6.45, 7) is 4.03. The van der Waals surface area contributed by atoms with E-state index in [1.54, 1.807) is 21.1 Å². The van der Waals surface area contributed by atoms with Crippen molar-refractivity contribution in [2.75, 3.05) is 20.8 Å². The van der Waals surface area contributed by atoms with E-state index in [0.29, 0.717) is 0 Å². The van der Waals surface area contributed by atoms with E-state index in [-0.39, 0.29) is 6.61 Å². The zero-order valence-electron chi connectivity index (χ0n) is 8.87. The van der Waals surface area contributed by atoms with Crippen LogP contribution in [0.5, 0.6) is 0 Å². The number of aliphatic hydroxyl groups excluding tert-OH is 1. The molecule has 0 saturated carbocycles. The highest BCUT2D eigenvalue weighted by Crippen LogP contribution is 2.15. The average Bonchev–Trinajstić information content (AvgIpc) is 2.14. The number of methoxy groups -OCH3 is 2. The molecule has 1 N–H and O–H groups in total. The van der Waals surface area contributed by atoms with E-state index >= 15 is 0 Å². The van der Waals surface area contributed by atoms with E-state index in [4.69, 9.17) is 19.0 Å². The Labute approximate surface area is 81.5 Å². The molecule has 4 nitrogen and oxygen atoms in total. The number of rotatable bonds is 7. The van der Waals surface area contributed by atoms with Crippen LogP contribution in [0.4, 0.5) is 0 Å². The van der Waals surface area contributed by atoms with Gasteiger partial charge in [-0.1, -0.05) is 0 Å². The van der Waals surface area contributed by atoms with Crippen molar-refractivity contribution in [3.05, 3.63) is 0 Å². The molecule has 5 heteroatoms. The van der Waals surface area contributed by atoms with Crippen molar-refractivity contribution in [1.29, 1.82) is 0 Å². The molecule has 80 valence electrons. The van der Waals surface area contributed by atoms with Crippen molar-refractivity contribution >= 4 is 9.04 Å². The average molecular weight is 208 g/mol. The van der Waals surface area contributed by atoms with Gasteiger partial charge in [-0.25, -0.2) is 0 Å². The molecule has 0 radical (unpaired) electrons. The summed E-state index contributed by atoms with van der Waals surface area (Å²) in [7, 11) is 1.81. The van der Waals surface area contributed by atoms with Crippen molar-refractivity contribution < 1.29 is 19.0 Å². The van der Waals surface area contributed by atoms with Gasteiger partial charge in [0.2, 0.25) is 0 Å². The molecule has 1 atom stereocenters. The molecule has 13 heavy (non-hydrogen) atoms. The standard InChI is InChI=1S/C8H20O4Si/c1-8(10-2,11-3)12-13(4)7-5-6-9/h9,13H,5-7H2,1-4H3. The lowest BCUT2D eigenvalue weighted by atomic mass is 10.5. The first-order chi connectivity index (χ1) is 6.08. The molecule has 0 aliphatic heterocycles. The quantitative estimate of drug-likeness (QED) is 0.494. The molecule has 0 aliphatic rings. The Balaban J connectivity index is 3.79. The minimum absolute atomic E-state index is 0.220. The second kappa shape index (κ2) is 6.50. The first-order valence-corrected chi connectivity index (χ1v) is 6.91. The summed E-state index contributed by atoms with van der Waals surface area (Å²) >= 11 is 0.